The Morgan fingerprint density at radius 3 is 2.67 bits per heavy atom. The van der Waals surface area contributed by atoms with Crippen molar-refractivity contribution >= 4 is 11.9 Å². The van der Waals surface area contributed by atoms with Gasteiger partial charge in [-0.3, -0.25) is 4.79 Å². The molecule has 1 atom stereocenters. The van der Waals surface area contributed by atoms with Gasteiger partial charge in [0.2, 0.25) is 5.91 Å². The molecule has 0 spiro atoms. The molecule has 0 aliphatic carbocycles. The first-order valence-corrected chi connectivity index (χ1v) is 7.31. The zero-order chi connectivity index (χ0) is 15.2. The van der Waals surface area contributed by atoms with E-state index in [0.29, 0.717) is 32.6 Å². The minimum Gasteiger partial charge on any atom is -0.478 e. The molecule has 2 rings (SSSR count). The fraction of sp³-hybridized carbons (Fsp3) is 0.500. The summed E-state index contributed by atoms with van der Waals surface area (Å²) < 4.78 is 5.40. The number of benzene rings is 1. The molecule has 0 bridgehead atoms. The van der Waals surface area contributed by atoms with Gasteiger partial charge in [0, 0.05) is 13.0 Å². The SMILES string of the molecule is CC[C@H]1COCCN1C(=O)CCc1ccc(C(=O)O)cc1. The maximum Gasteiger partial charge on any atom is 0.335 e. The monoisotopic (exact) mass is 291 g/mol. The number of carbonyl (C=O) groups excluding carboxylic acids is 1. The predicted molar refractivity (Wildman–Crippen MR) is 78.3 cm³/mol. The number of nitrogens with zero attached hydrogens (tertiary/aromatic N) is 1. The molecule has 5 heteroatoms. The topological polar surface area (TPSA) is 66.8 Å². The van der Waals surface area contributed by atoms with Crippen molar-refractivity contribution in [2.24, 2.45) is 0 Å². The number of carboxylic acid groups (broad SMARTS) is 1. The van der Waals surface area contributed by atoms with E-state index in [4.69, 9.17) is 9.84 Å². The van der Waals surface area contributed by atoms with Crippen molar-refractivity contribution in [3.63, 3.8) is 0 Å². The van der Waals surface area contributed by atoms with Crippen molar-refractivity contribution in [3.8, 4) is 0 Å². The summed E-state index contributed by atoms with van der Waals surface area (Å²) in [5.74, 6) is -0.788. The van der Waals surface area contributed by atoms with Gasteiger partial charge in [-0.2, -0.15) is 0 Å². The van der Waals surface area contributed by atoms with Crippen LogP contribution in [0.1, 0.15) is 35.7 Å². The van der Waals surface area contributed by atoms with Crippen LogP contribution in [-0.4, -0.2) is 47.7 Å². The van der Waals surface area contributed by atoms with Gasteiger partial charge in [0.25, 0.3) is 0 Å². The van der Waals surface area contributed by atoms with Crippen molar-refractivity contribution in [2.45, 2.75) is 32.2 Å². The van der Waals surface area contributed by atoms with E-state index in [1.165, 1.54) is 0 Å². The molecule has 1 saturated heterocycles. The van der Waals surface area contributed by atoms with Gasteiger partial charge in [-0.1, -0.05) is 19.1 Å². The number of carbonyl (C=O) groups is 2. The number of amides is 1. The van der Waals surface area contributed by atoms with Crippen LogP contribution in [0.2, 0.25) is 0 Å². The second-order valence-corrected chi connectivity index (χ2v) is 5.23. The van der Waals surface area contributed by atoms with E-state index in [-0.39, 0.29) is 17.5 Å². The van der Waals surface area contributed by atoms with Crippen LogP contribution in [0.3, 0.4) is 0 Å². The molecule has 1 fully saturated rings. The molecule has 1 aromatic carbocycles. The molecule has 1 heterocycles. The molecule has 114 valence electrons. The van der Waals surface area contributed by atoms with Crippen molar-refractivity contribution in [2.75, 3.05) is 19.8 Å². The van der Waals surface area contributed by atoms with Crippen LogP contribution in [0.25, 0.3) is 0 Å². The molecular formula is C16H21NO4. The van der Waals surface area contributed by atoms with Gasteiger partial charge >= 0.3 is 5.97 Å². The lowest BCUT2D eigenvalue weighted by Crippen LogP contribution is -2.48. The van der Waals surface area contributed by atoms with E-state index >= 15 is 0 Å². The minimum absolute atomic E-state index is 0.146. The molecule has 0 radical (unpaired) electrons. The third kappa shape index (κ3) is 4.04. The molecule has 1 aliphatic heterocycles. The number of aromatic carboxylic acids is 1. The first kappa shape index (κ1) is 15.5. The third-order valence-corrected chi connectivity index (χ3v) is 3.85. The highest BCUT2D eigenvalue weighted by molar-refractivity contribution is 5.87. The Labute approximate surface area is 124 Å². The average molecular weight is 291 g/mol. The molecule has 1 amide bonds. The van der Waals surface area contributed by atoms with Gasteiger partial charge in [-0.05, 0) is 30.5 Å². The van der Waals surface area contributed by atoms with Gasteiger partial charge in [0.1, 0.15) is 0 Å². The highest BCUT2D eigenvalue weighted by atomic mass is 16.5. The van der Waals surface area contributed by atoms with Gasteiger partial charge in [0.05, 0.1) is 24.8 Å². The average Bonchev–Trinajstić information content (AvgIpc) is 2.52. The number of morpholine rings is 1. The Balaban J connectivity index is 1.89. The first-order chi connectivity index (χ1) is 10.1. The zero-order valence-corrected chi connectivity index (χ0v) is 12.2. The Morgan fingerprint density at radius 1 is 1.33 bits per heavy atom. The molecule has 21 heavy (non-hydrogen) atoms. The van der Waals surface area contributed by atoms with Crippen LogP contribution in [0.5, 0.6) is 0 Å². The maximum atomic E-state index is 12.3. The predicted octanol–water partition coefficient (Wildman–Crippen LogP) is 1.95. The van der Waals surface area contributed by atoms with Crippen LogP contribution < -0.4 is 0 Å². The molecule has 0 aromatic heterocycles. The Hall–Kier alpha value is -1.88. The van der Waals surface area contributed by atoms with Crippen LogP contribution in [0.15, 0.2) is 24.3 Å². The Kier molecular flexibility index (Phi) is 5.33. The zero-order valence-electron chi connectivity index (χ0n) is 12.2. The lowest BCUT2D eigenvalue weighted by molar-refractivity contribution is -0.139. The molecular weight excluding hydrogens is 270 g/mol. The Morgan fingerprint density at radius 2 is 2.05 bits per heavy atom. The second kappa shape index (κ2) is 7.22. The van der Waals surface area contributed by atoms with Crippen LogP contribution in [-0.2, 0) is 16.0 Å². The summed E-state index contributed by atoms with van der Waals surface area (Å²) in [4.78, 5) is 25.0. The molecule has 1 N–H and O–H groups in total. The molecule has 5 nitrogen and oxygen atoms in total. The summed E-state index contributed by atoms with van der Waals surface area (Å²) in [6.45, 7) is 3.95. The quantitative estimate of drug-likeness (QED) is 0.900. The maximum absolute atomic E-state index is 12.3. The van der Waals surface area contributed by atoms with E-state index < -0.39 is 5.97 Å². The van der Waals surface area contributed by atoms with E-state index in [2.05, 4.69) is 6.92 Å². The van der Waals surface area contributed by atoms with Gasteiger partial charge in [-0.15, -0.1) is 0 Å². The molecule has 1 aliphatic rings. The highest BCUT2D eigenvalue weighted by Gasteiger charge is 2.25. The summed E-state index contributed by atoms with van der Waals surface area (Å²) in [7, 11) is 0. The number of hydrogen-bond acceptors (Lipinski definition) is 3. The van der Waals surface area contributed by atoms with Crippen molar-refractivity contribution in [3.05, 3.63) is 35.4 Å². The summed E-state index contributed by atoms with van der Waals surface area (Å²) in [6.07, 6.45) is 1.98. The number of hydrogen-bond donors (Lipinski definition) is 1. The summed E-state index contributed by atoms with van der Waals surface area (Å²) in [5.41, 5.74) is 1.25. The molecule has 0 unspecified atom stereocenters. The first-order valence-electron chi connectivity index (χ1n) is 7.31. The lowest BCUT2D eigenvalue weighted by Gasteiger charge is -2.35. The minimum atomic E-state index is -0.934. The van der Waals surface area contributed by atoms with Gasteiger partial charge < -0.3 is 14.7 Å². The highest BCUT2D eigenvalue weighted by Crippen LogP contribution is 2.14. The van der Waals surface area contributed by atoms with Crippen LogP contribution in [0, 0.1) is 0 Å². The van der Waals surface area contributed by atoms with E-state index in [0.717, 1.165) is 12.0 Å². The number of carboxylic acids is 1. The van der Waals surface area contributed by atoms with Crippen molar-refractivity contribution in [1.82, 2.24) is 4.90 Å². The lowest BCUT2D eigenvalue weighted by atomic mass is 10.1. The summed E-state index contributed by atoms with van der Waals surface area (Å²) >= 11 is 0. The molecule has 1 aromatic rings. The Bertz CT molecular complexity index is 498. The number of aryl methyl sites for hydroxylation is 1. The largest absolute Gasteiger partial charge is 0.478 e. The van der Waals surface area contributed by atoms with Gasteiger partial charge in [-0.25, -0.2) is 4.79 Å². The third-order valence-electron chi connectivity index (χ3n) is 3.85. The van der Waals surface area contributed by atoms with E-state index in [9.17, 15) is 9.59 Å². The standard InChI is InChI=1S/C16H21NO4/c1-2-14-11-21-10-9-17(14)15(18)8-5-12-3-6-13(7-4-12)16(19)20/h3-4,6-7,14H,2,5,8-11H2,1H3,(H,19,20)/t14-/m0/s1. The van der Waals surface area contributed by atoms with Crippen molar-refractivity contribution < 1.29 is 19.4 Å². The molecule has 0 saturated carbocycles. The smallest absolute Gasteiger partial charge is 0.335 e. The van der Waals surface area contributed by atoms with Gasteiger partial charge in [0.15, 0.2) is 0 Å². The van der Waals surface area contributed by atoms with E-state index in [1.807, 2.05) is 4.90 Å². The fourth-order valence-electron chi connectivity index (χ4n) is 2.53. The van der Waals surface area contributed by atoms with Crippen LogP contribution in [0.4, 0.5) is 0 Å². The van der Waals surface area contributed by atoms with E-state index in [1.54, 1.807) is 24.3 Å². The normalized spacial score (nSPS) is 18.5. The van der Waals surface area contributed by atoms with Crippen LogP contribution >= 0.6 is 0 Å². The van der Waals surface area contributed by atoms with Crippen molar-refractivity contribution in [1.29, 1.82) is 0 Å². The fourth-order valence-corrected chi connectivity index (χ4v) is 2.53. The second-order valence-electron chi connectivity index (χ2n) is 5.23. The summed E-state index contributed by atoms with van der Waals surface area (Å²) in [5, 5.41) is 8.85. The number of ether oxygens (including phenoxy) is 1. The number of rotatable bonds is 5. The summed E-state index contributed by atoms with van der Waals surface area (Å²) in [6, 6.07) is 6.87.